The third-order valence-electron chi connectivity index (χ3n) is 3.62. The number of ether oxygens (including phenoxy) is 2. The number of hydrogen-bond donors (Lipinski definition) is 2. The highest BCUT2D eigenvalue weighted by atomic mass is 16.6. The van der Waals surface area contributed by atoms with Crippen molar-refractivity contribution in [3.05, 3.63) is 64.4 Å². The summed E-state index contributed by atoms with van der Waals surface area (Å²) in [6.07, 6.45) is 2.84. The van der Waals surface area contributed by atoms with Crippen LogP contribution >= 0.6 is 0 Å². The van der Waals surface area contributed by atoms with Crippen molar-refractivity contribution in [2.75, 3.05) is 31.9 Å². The summed E-state index contributed by atoms with van der Waals surface area (Å²) >= 11 is 0. The average molecular weight is 357 g/mol. The fourth-order valence-corrected chi connectivity index (χ4v) is 2.27. The van der Waals surface area contributed by atoms with Gasteiger partial charge in [0.2, 0.25) is 0 Å². The first kappa shape index (κ1) is 18.8. The van der Waals surface area contributed by atoms with Crippen LogP contribution in [-0.2, 0) is 0 Å². The number of rotatable bonds is 8. The molecule has 136 valence electrons. The Morgan fingerprint density at radius 1 is 1.08 bits per heavy atom. The smallest absolute Gasteiger partial charge is 0.271 e. The molecule has 0 fully saturated rings. The van der Waals surface area contributed by atoms with Crippen molar-refractivity contribution >= 4 is 22.8 Å². The van der Waals surface area contributed by atoms with Gasteiger partial charge in [-0.1, -0.05) is 0 Å². The molecule has 0 bridgehead atoms. The molecular weight excluding hydrogens is 338 g/mol. The SMILES string of the molecule is CNc1cc([N+](=O)[O-])ccc1N/C=C\C(=O)c1ccc(OC)c(OC)c1. The van der Waals surface area contributed by atoms with Crippen molar-refractivity contribution in [3.8, 4) is 11.5 Å². The number of allylic oxidation sites excluding steroid dienone is 1. The van der Waals surface area contributed by atoms with Crippen molar-refractivity contribution in [1.82, 2.24) is 0 Å². The highest BCUT2D eigenvalue weighted by Crippen LogP contribution is 2.28. The van der Waals surface area contributed by atoms with E-state index in [-0.39, 0.29) is 11.5 Å². The summed E-state index contributed by atoms with van der Waals surface area (Å²) < 4.78 is 10.3. The van der Waals surface area contributed by atoms with Crippen LogP contribution in [0.5, 0.6) is 11.5 Å². The predicted molar refractivity (Wildman–Crippen MR) is 99.3 cm³/mol. The summed E-state index contributed by atoms with van der Waals surface area (Å²) in [5, 5.41) is 16.6. The number of hydrogen-bond acceptors (Lipinski definition) is 7. The lowest BCUT2D eigenvalue weighted by Crippen LogP contribution is -2.00. The Bertz CT molecular complexity index is 849. The van der Waals surface area contributed by atoms with E-state index >= 15 is 0 Å². The Balaban J connectivity index is 2.13. The standard InChI is InChI=1S/C18H19N3O5/c1-19-15-11-13(21(23)24)5-6-14(15)20-9-8-16(22)12-4-7-17(25-2)18(10-12)26-3/h4-11,19-20H,1-3H3/b9-8-. The first-order valence-corrected chi connectivity index (χ1v) is 7.65. The number of anilines is 2. The molecule has 26 heavy (non-hydrogen) atoms. The van der Waals surface area contributed by atoms with Crippen molar-refractivity contribution in [2.45, 2.75) is 0 Å². The van der Waals surface area contributed by atoms with E-state index in [1.54, 1.807) is 31.3 Å². The van der Waals surface area contributed by atoms with Crippen LogP contribution in [0.3, 0.4) is 0 Å². The van der Waals surface area contributed by atoms with E-state index in [4.69, 9.17) is 9.47 Å². The van der Waals surface area contributed by atoms with Gasteiger partial charge in [0.05, 0.1) is 30.5 Å². The molecule has 0 unspecified atom stereocenters. The lowest BCUT2D eigenvalue weighted by Gasteiger charge is -2.09. The number of nitrogens with zero attached hydrogens (tertiary/aromatic N) is 1. The Morgan fingerprint density at radius 3 is 2.42 bits per heavy atom. The van der Waals surface area contributed by atoms with Crippen molar-refractivity contribution < 1.29 is 19.2 Å². The van der Waals surface area contributed by atoms with Gasteiger partial charge in [-0.15, -0.1) is 0 Å². The third-order valence-corrected chi connectivity index (χ3v) is 3.62. The molecule has 2 aromatic rings. The van der Waals surface area contributed by atoms with E-state index in [9.17, 15) is 14.9 Å². The summed E-state index contributed by atoms with van der Waals surface area (Å²) in [5.41, 5.74) is 1.57. The number of nitro groups is 1. The largest absolute Gasteiger partial charge is 0.493 e. The minimum atomic E-state index is -0.471. The number of non-ortho nitro benzene ring substituents is 1. The maximum atomic E-state index is 12.3. The molecule has 8 heteroatoms. The van der Waals surface area contributed by atoms with Crippen molar-refractivity contribution in [1.29, 1.82) is 0 Å². The van der Waals surface area contributed by atoms with Gasteiger partial charge < -0.3 is 20.1 Å². The van der Waals surface area contributed by atoms with E-state index in [2.05, 4.69) is 10.6 Å². The van der Waals surface area contributed by atoms with E-state index < -0.39 is 4.92 Å². The fourth-order valence-electron chi connectivity index (χ4n) is 2.27. The van der Waals surface area contributed by atoms with E-state index in [1.807, 2.05) is 0 Å². The van der Waals surface area contributed by atoms with Gasteiger partial charge >= 0.3 is 0 Å². The molecule has 0 spiro atoms. The molecule has 8 nitrogen and oxygen atoms in total. The topological polar surface area (TPSA) is 103 Å². The minimum absolute atomic E-state index is 0.0229. The molecule has 0 aliphatic rings. The van der Waals surface area contributed by atoms with Gasteiger partial charge in [-0.2, -0.15) is 0 Å². The van der Waals surface area contributed by atoms with Gasteiger partial charge in [-0.25, -0.2) is 0 Å². The van der Waals surface area contributed by atoms with E-state index in [0.717, 1.165) is 0 Å². The summed E-state index contributed by atoms with van der Waals surface area (Å²) in [6, 6.07) is 9.24. The number of carbonyl (C=O) groups excluding carboxylic acids is 1. The zero-order chi connectivity index (χ0) is 19.1. The molecule has 2 rings (SSSR count). The van der Waals surface area contributed by atoms with Crippen LogP contribution < -0.4 is 20.1 Å². The highest BCUT2D eigenvalue weighted by molar-refractivity contribution is 6.05. The van der Waals surface area contributed by atoms with Crippen molar-refractivity contribution in [3.63, 3.8) is 0 Å². The van der Waals surface area contributed by atoms with Crippen LogP contribution in [0.25, 0.3) is 0 Å². The molecular formula is C18H19N3O5. The summed E-state index contributed by atoms with van der Waals surface area (Å²) in [5.74, 6) is 0.773. The minimum Gasteiger partial charge on any atom is -0.493 e. The van der Waals surface area contributed by atoms with Gasteiger partial charge in [0.15, 0.2) is 17.3 Å². The maximum absolute atomic E-state index is 12.3. The van der Waals surface area contributed by atoms with E-state index in [1.165, 1.54) is 38.6 Å². The molecule has 0 amide bonds. The average Bonchev–Trinajstić information content (AvgIpc) is 2.67. The number of benzene rings is 2. The van der Waals surface area contributed by atoms with Gasteiger partial charge in [0, 0.05) is 37.0 Å². The number of ketones is 1. The fraction of sp³-hybridized carbons (Fsp3) is 0.167. The van der Waals surface area contributed by atoms with Gasteiger partial charge in [-0.05, 0) is 24.3 Å². The van der Waals surface area contributed by atoms with Crippen LogP contribution in [0.2, 0.25) is 0 Å². The molecule has 0 atom stereocenters. The zero-order valence-electron chi connectivity index (χ0n) is 14.6. The third kappa shape index (κ3) is 4.29. The summed E-state index contributed by atoms with van der Waals surface area (Å²) in [7, 11) is 4.67. The van der Waals surface area contributed by atoms with Crippen molar-refractivity contribution in [2.24, 2.45) is 0 Å². The second kappa shape index (κ2) is 8.52. The molecule has 0 saturated heterocycles. The van der Waals surface area contributed by atoms with Crippen LogP contribution in [0.1, 0.15) is 10.4 Å². The zero-order valence-corrected chi connectivity index (χ0v) is 14.6. The predicted octanol–water partition coefficient (Wildman–Crippen LogP) is 3.46. The Morgan fingerprint density at radius 2 is 1.81 bits per heavy atom. The number of carbonyl (C=O) groups is 1. The summed E-state index contributed by atoms with van der Waals surface area (Å²) in [4.78, 5) is 22.6. The lowest BCUT2D eigenvalue weighted by molar-refractivity contribution is -0.384. The van der Waals surface area contributed by atoms with Crippen LogP contribution in [0.15, 0.2) is 48.7 Å². The Hall–Kier alpha value is -3.55. The van der Waals surface area contributed by atoms with Crippen LogP contribution in [0.4, 0.5) is 17.1 Å². The Kier molecular flexibility index (Phi) is 6.15. The second-order valence-electron chi connectivity index (χ2n) is 5.15. The normalized spacial score (nSPS) is 10.4. The molecule has 0 saturated carbocycles. The second-order valence-corrected chi connectivity index (χ2v) is 5.15. The van der Waals surface area contributed by atoms with Crippen LogP contribution in [0, 0.1) is 10.1 Å². The molecule has 0 heterocycles. The molecule has 0 aromatic heterocycles. The number of nitro benzene ring substituents is 1. The molecule has 0 aliphatic heterocycles. The van der Waals surface area contributed by atoms with Gasteiger partial charge in [0.1, 0.15) is 0 Å². The highest BCUT2D eigenvalue weighted by Gasteiger charge is 2.10. The van der Waals surface area contributed by atoms with E-state index in [0.29, 0.717) is 28.4 Å². The maximum Gasteiger partial charge on any atom is 0.271 e. The number of nitrogens with one attached hydrogen (secondary N) is 2. The number of methoxy groups -OCH3 is 2. The first-order valence-electron chi connectivity index (χ1n) is 7.65. The molecule has 0 aliphatic carbocycles. The molecule has 2 N–H and O–H groups in total. The summed E-state index contributed by atoms with van der Waals surface area (Å²) in [6.45, 7) is 0. The van der Waals surface area contributed by atoms with Gasteiger partial charge in [0.25, 0.3) is 5.69 Å². The van der Waals surface area contributed by atoms with Crippen LogP contribution in [-0.4, -0.2) is 32.0 Å². The molecule has 0 radical (unpaired) electrons. The molecule has 2 aromatic carbocycles. The van der Waals surface area contributed by atoms with Gasteiger partial charge in [-0.3, -0.25) is 14.9 Å². The lowest BCUT2D eigenvalue weighted by atomic mass is 10.1. The monoisotopic (exact) mass is 357 g/mol. The quantitative estimate of drug-likeness (QED) is 0.323. The Labute approximate surface area is 150 Å². The first-order chi connectivity index (χ1) is 12.5.